The minimum absolute atomic E-state index is 0.0843. The van der Waals surface area contributed by atoms with Crippen molar-refractivity contribution in [3.63, 3.8) is 0 Å². The van der Waals surface area contributed by atoms with Gasteiger partial charge in [0.2, 0.25) is 0 Å². The molecule has 0 saturated carbocycles. The van der Waals surface area contributed by atoms with E-state index in [1.54, 1.807) is 6.26 Å². The third-order valence-electron chi connectivity index (χ3n) is 2.79. The van der Waals surface area contributed by atoms with Gasteiger partial charge in [-0.15, -0.1) is 0 Å². The molecule has 96 valence electrons. The number of carbonyl (C=O) groups is 1. The summed E-state index contributed by atoms with van der Waals surface area (Å²) >= 11 is 0. The molecular formula is C15H18O3. The maximum absolute atomic E-state index is 11.7. The lowest BCUT2D eigenvalue weighted by Gasteiger charge is -2.07. The molecule has 0 bridgehead atoms. The van der Waals surface area contributed by atoms with Crippen molar-refractivity contribution in [2.45, 2.75) is 40.2 Å². The number of esters is 1. The zero-order chi connectivity index (χ0) is 13.3. The van der Waals surface area contributed by atoms with Gasteiger partial charge in [0, 0.05) is 10.9 Å². The predicted molar refractivity (Wildman–Crippen MR) is 70.6 cm³/mol. The largest absolute Gasteiger partial charge is 0.464 e. The van der Waals surface area contributed by atoms with Crippen LogP contribution in [0.4, 0.5) is 0 Å². The van der Waals surface area contributed by atoms with E-state index in [2.05, 4.69) is 6.07 Å². The highest BCUT2D eigenvalue weighted by Crippen LogP contribution is 2.26. The van der Waals surface area contributed by atoms with Crippen LogP contribution in [-0.4, -0.2) is 12.1 Å². The van der Waals surface area contributed by atoms with Gasteiger partial charge in [-0.3, -0.25) is 4.79 Å². The SMILES string of the molecule is Cc1cc(C)c2c(CC(=O)OC(C)C)coc2c1. The molecule has 2 rings (SSSR count). The van der Waals surface area contributed by atoms with Gasteiger partial charge in [0.1, 0.15) is 5.58 Å². The van der Waals surface area contributed by atoms with Crippen LogP contribution in [0.3, 0.4) is 0 Å². The Morgan fingerprint density at radius 3 is 2.72 bits per heavy atom. The van der Waals surface area contributed by atoms with E-state index in [1.807, 2.05) is 33.8 Å². The van der Waals surface area contributed by atoms with Crippen LogP contribution in [0.15, 0.2) is 22.8 Å². The number of carbonyl (C=O) groups excluding carboxylic acids is 1. The molecule has 3 nitrogen and oxygen atoms in total. The van der Waals surface area contributed by atoms with Crippen LogP contribution in [0.5, 0.6) is 0 Å². The quantitative estimate of drug-likeness (QED) is 0.777. The van der Waals surface area contributed by atoms with E-state index < -0.39 is 0 Å². The highest BCUT2D eigenvalue weighted by Gasteiger charge is 2.14. The van der Waals surface area contributed by atoms with Crippen LogP contribution in [0.25, 0.3) is 11.0 Å². The Balaban J connectivity index is 2.32. The van der Waals surface area contributed by atoms with Gasteiger partial charge in [-0.1, -0.05) is 6.07 Å². The number of fused-ring (bicyclic) bond motifs is 1. The summed E-state index contributed by atoms with van der Waals surface area (Å²) in [5.74, 6) is -0.215. The summed E-state index contributed by atoms with van der Waals surface area (Å²) in [6.45, 7) is 7.75. The molecule has 1 aromatic carbocycles. The second-order valence-corrected chi connectivity index (χ2v) is 4.93. The van der Waals surface area contributed by atoms with E-state index in [-0.39, 0.29) is 18.5 Å². The van der Waals surface area contributed by atoms with Crippen molar-refractivity contribution < 1.29 is 13.9 Å². The van der Waals surface area contributed by atoms with Crippen LogP contribution in [0.1, 0.15) is 30.5 Å². The first-order chi connectivity index (χ1) is 8.47. The number of hydrogen-bond donors (Lipinski definition) is 0. The van der Waals surface area contributed by atoms with Crippen LogP contribution >= 0.6 is 0 Å². The normalized spacial score (nSPS) is 11.2. The van der Waals surface area contributed by atoms with Crippen molar-refractivity contribution in [2.75, 3.05) is 0 Å². The second-order valence-electron chi connectivity index (χ2n) is 4.93. The summed E-state index contributed by atoms with van der Waals surface area (Å²) < 4.78 is 10.7. The Bertz CT molecular complexity index is 579. The zero-order valence-electron chi connectivity index (χ0n) is 11.2. The highest BCUT2D eigenvalue weighted by molar-refractivity contribution is 5.88. The Labute approximate surface area is 107 Å². The molecule has 0 atom stereocenters. The first-order valence-corrected chi connectivity index (χ1v) is 6.14. The minimum Gasteiger partial charge on any atom is -0.464 e. The Kier molecular flexibility index (Phi) is 3.41. The summed E-state index contributed by atoms with van der Waals surface area (Å²) in [4.78, 5) is 11.7. The lowest BCUT2D eigenvalue weighted by Crippen LogP contribution is -2.13. The van der Waals surface area contributed by atoms with Gasteiger partial charge in [0.25, 0.3) is 0 Å². The molecule has 3 heteroatoms. The maximum atomic E-state index is 11.7. The minimum atomic E-state index is -0.215. The summed E-state index contributed by atoms with van der Waals surface area (Å²) in [7, 11) is 0. The maximum Gasteiger partial charge on any atom is 0.310 e. The summed E-state index contributed by atoms with van der Waals surface area (Å²) in [5, 5.41) is 1.03. The van der Waals surface area contributed by atoms with Crippen LogP contribution in [0.2, 0.25) is 0 Å². The van der Waals surface area contributed by atoms with Gasteiger partial charge >= 0.3 is 5.97 Å². The fraction of sp³-hybridized carbons (Fsp3) is 0.400. The first-order valence-electron chi connectivity index (χ1n) is 6.14. The highest BCUT2D eigenvalue weighted by atomic mass is 16.5. The van der Waals surface area contributed by atoms with Gasteiger partial charge < -0.3 is 9.15 Å². The lowest BCUT2D eigenvalue weighted by atomic mass is 10.0. The van der Waals surface area contributed by atoms with Crippen molar-refractivity contribution in [1.29, 1.82) is 0 Å². The van der Waals surface area contributed by atoms with Gasteiger partial charge in [0.05, 0.1) is 18.8 Å². The molecule has 0 N–H and O–H groups in total. The average Bonchev–Trinajstić information content (AvgIpc) is 2.59. The number of rotatable bonds is 3. The molecule has 0 aliphatic rings. The number of furan rings is 1. The van der Waals surface area contributed by atoms with Crippen LogP contribution in [-0.2, 0) is 16.0 Å². The zero-order valence-corrected chi connectivity index (χ0v) is 11.2. The van der Waals surface area contributed by atoms with E-state index in [0.717, 1.165) is 27.7 Å². The molecule has 0 spiro atoms. The molecule has 0 aliphatic heterocycles. The third-order valence-corrected chi connectivity index (χ3v) is 2.79. The smallest absolute Gasteiger partial charge is 0.310 e. The summed E-state index contributed by atoms with van der Waals surface area (Å²) in [6.07, 6.45) is 1.83. The molecule has 0 amide bonds. The predicted octanol–water partition coefficient (Wildman–Crippen LogP) is 3.54. The van der Waals surface area contributed by atoms with Crippen LogP contribution < -0.4 is 0 Å². The van der Waals surface area contributed by atoms with Crippen molar-refractivity contribution in [3.05, 3.63) is 35.1 Å². The van der Waals surface area contributed by atoms with E-state index in [1.165, 1.54) is 0 Å². The number of hydrogen-bond acceptors (Lipinski definition) is 3. The van der Waals surface area contributed by atoms with Crippen molar-refractivity contribution in [2.24, 2.45) is 0 Å². The lowest BCUT2D eigenvalue weighted by molar-refractivity contribution is -0.146. The molecule has 1 aromatic heterocycles. The van der Waals surface area contributed by atoms with E-state index in [4.69, 9.17) is 9.15 Å². The van der Waals surface area contributed by atoms with Gasteiger partial charge in [-0.25, -0.2) is 0 Å². The summed E-state index contributed by atoms with van der Waals surface area (Å²) in [6, 6.07) is 4.08. The number of benzene rings is 1. The molecule has 0 aliphatic carbocycles. The van der Waals surface area contributed by atoms with Crippen LogP contribution in [0, 0.1) is 13.8 Å². The molecule has 0 unspecified atom stereocenters. The molecule has 2 aromatic rings. The standard InChI is InChI=1S/C15H18O3/c1-9(2)18-14(16)7-12-8-17-13-6-10(3)5-11(4)15(12)13/h5-6,8-9H,7H2,1-4H3. The van der Waals surface area contributed by atoms with Gasteiger partial charge in [-0.2, -0.15) is 0 Å². The second kappa shape index (κ2) is 4.84. The third kappa shape index (κ3) is 2.55. The molecule has 0 saturated heterocycles. The van der Waals surface area contributed by atoms with E-state index >= 15 is 0 Å². The Morgan fingerprint density at radius 1 is 1.33 bits per heavy atom. The van der Waals surface area contributed by atoms with Crippen molar-refractivity contribution in [3.8, 4) is 0 Å². The Morgan fingerprint density at radius 2 is 2.06 bits per heavy atom. The molecule has 0 fully saturated rings. The fourth-order valence-electron chi connectivity index (χ4n) is 2.22. The first kappa shape index (κ1) is 12.7. The number of ether oxygens (including phenoxy) is 1. The summed E-state index contributed by atoms with van der Waals surface area (Å²) in [5.41, 5.74) is 4.02. The fourth-order valence-corrected chi connectivity index (χ4v) is 2.22. The van der Waals surface area contributed by atoms with Gasteiger partial charge in [-0.05, 0) is 44.9 Å². The average molecular weight is 246 g/mol. The van der Waals surface area contributed by atoms with Gasteiger partial charge in [0.15, 0.2) is 0 Å². The Hall–Kier alpha value is -1.77. The van der Waals surface area contributed by atoms with E-state index in [0.29, 0.717) is 0 Å². The van der Waals surface area contributed by atoms with Crippen molar-refractivity contribution in [1.82, 2.24) is 0 Å². The number of aryl methyl sites for hydroxylation is 2. The van der Waals surface area contributed by atoms with E-state index in [9.17, 15) is 4.79 Å². The van der Waals surface area contributed by atoms with Crippen molar-refractivity contribution >= 4 is 16.9 Å². The molecule has 1 heterocycles. The molecule has 18 heavy (non-hydrogen) atoms. The molecule has 0 radical (unpaired) electrons. The molecular weight excluding hydrogens is 228 g/mol. The topological polar surface area (TPSA) is 39.4 Å². The monoisotopic (exact) mass is 246 g/mol.